The first-order valence-corrected chi connectivity index (χ1v) is 11.8. The Morgan fingerprint density at radius 2 is 1.97 bits per heavy atom. The number of hydrogen-bond donors (Lipinski definition) is 4. The smallest absolute Gasteiger partial charge is 0.181 e. The number of nitrogens with one attached hydrogen (secondary N) is 1. The quantitative estimate of drug-likeness (QED) is 0.426. The molecule has 1 fully saturated rings. The van der Waals surface area contributed by atoms with Crippen LogP contribution in [0.4, 0.5) is 10.9 Å². The van der Waals surface area contributed by atoms with Crippen molar-refractivity contribution in [2.45, 2.75) is 64.2 Å². The van der Waals surface area contributed by atoms with E-state index >= 15 is 0 Å². The van der Waals surface area contributed by atoms with E-state index in [9.17, 15) is 5.11 Å². The lowest BCUT2D eigenvalue weighted by Gasteiger charge is -2.14. The van der Waals surface area contributed by atoms with E-state index in [0.29, 0.717) is 28.9 Å². The van der Waals surface area contributed by atoms with Gasteiger partial charge in [0, 0.05) is 6.54 Å². The average molecular weight is 470 g/mol. The highest BCUT2D eigenvalue weighted by Gasteiger charge is 2.10. The lowest BCUT2D eigenvalue weighted by molar-refractivity contribution is 0.130. The van der Waals surface area contributed by atoms with Gasteiger partial charge in [0.2, 0.25) is 0 Å². The maximum atomic E-state index is 9.68. The van der Waals surface area contributed by atoms with Crippen LogP contribution in [0.3, 0.4) is 0 Å². The van der Waals surface area contributed by atoms with Gasteiger partial charge in [0.25, 0.3) is 0 Å². The Morgan fingerprint density at radius 1 is 1.21 bits per heavy atom. The number of methoxy groups -OCH3 is 1. The predicted octanol–water partition coefficient (Wildman–Crippen LogP) is 3.72. The van der Waals surface area contributed by atoms with Gasteiger partial charge in [-0.3, -0.25) is 4.98 Å². The molecule has 33 heavy (non-hydrogen) atoms. The number of hydrogen-bond acceptors (Lipinski definition) is 9. The van der Waals surface area contributed by atoms with E-state index < -0.39 is 5.60 Å². The van der Waals surface area contributed by atoms with Crippen LogP contribution in [0, 0.1) is 11.8 Å². The van der Waals surface area contributed by atoms with Gasteiger partial charge < -0.3 is 26.0 Å². The predicted molar refractivity (Wildman–Crippen MR) is 132 cm³/mol. The summed E-state index contributed by atoms with van der Waals surface area (Å²) in [6.45, 7) is 3.76. The fourth-order valence-corrected chi connectivity index (χ4v) is 4.15. The number of thiazole rings is 1. The summed E-state index contributed by atoms with van der Waals surface area (Å²) in [7, 11) is 1.61. The molecule has 3 aromatic rings. The van der Waals surface area contributed by atoms with Crippen molar-refractivity contribution in [3.63, 3.8) is 0 Å². The minimum absolute atomic E-state index is 0.0359. The SMILES string of the molecule is COc1cc(CNc2cncc(C#CC(C)(C)O)n2)cc2sc(N)nc12.OC1CCCCC1. The topological polar surface area (TPSA) is 126 Å². The van der Waals surface area contributed by atoms with E-state index in [0.717, 1.165) is 28.6 Å². The van der Waals surface area contributed by atoms with Gasteiger partial charge in [0.1, 0.15) is 28.4 Å². The van der Waals surface area contributed by atoms with Crippen molar-refractivity contribution in [3.8, 4) is 17.6 Å². The van der Waals surface area contributed by atoms with Crippen LogP contribution < -0.4 is 15.8 Å². The van der Waals surface area contributed by atoms with Gasteiger partial charge in [-0.05, 0) is 50.3 Å². The van der Waals surface area contributed by atoms with Crippen molar-refractivity contribution in [1.29, 1.82) is 0 Å². The number of nitrogens with two attached hydrogens (primary N) is 1. The van der Waals surface area contributed by atoms with E-state index in [4.69, 9.17) is 15.6 Å². The van der Waals surface area contributed by atoms with Crippen molar-refractivity contribution >= 4 is 32.5 Å². The molecule has 1 aliphatic rings. The molecule has 1 aromatic carbocycles. The molecule has 0 unspecified atom stereocenters. The third-order valence-corrected chi connectivity index (χ3v) is 5.77. The molecular weight excluding hydrogens is 438 g/mol. The molecular formula is C24H31N5O3S. The van der Waals surface area contributed by atoms with Crippen molar-refractivity contribution < 1.29 is 14.9 Å². The van der Waals surface area contributed by atoms with Crippen LogP contribution in [-0.2, 0) is 6.54 Å². The van der Waals surface area contributed by atoms with E-state index in [1.807, 2.05) is 12.1 Å². The number of fused-ring (bicyclic) bond motifs is 1. The van der Waals surface area contributed by atoms with E-state index in [1.165, 1.54) is 30.6 Å². The summed E-state index contributed by atoms with van der Waals surface area (Å²) in [5, 5.41) is 22.3. The summed E-state index contributed by atoms with van der Waals surface area (Å²) in [5.74, 6) is 6.81. The first kappa shape index (κ1) is 24.7. The second kappa shape index (κ2) is 11.3. The van der Waals surface area contributed by atoms with E-state index in [2.05, 4.69) is 32.1 Å². The number of ether oxygens (including phenoxy) is 1. The molecule has 0 aliphatic heterocycles. The molecule has 0 bridgehead atoms. The number of nitrogens with zero attached hydrogens (tertiary/aromatic N) is 3. The van der Waals surface area contributed by atoms with Crippen molar-refractivity contribution in [3.05, 3.63) is 35.8 Å². The van der Waals surface area contributed by atoms with Crippen LogP contribution in [0.2, 0.25) is 0 Å². The molecule has 0 amide bonds. The van der Waals surface area contributed by atoms with E-state index in [-0.39, 0.29) is 6.10 Å². The molecule has 1 aliphatic carbocycles. The van der Waals surface area contributed by atoms with Crippen molar-refractivity contribution in [2.75, 3.05) is 18.2 Å². The zero-order valence-corrected chi connectivity index (χ0v) is 20.1. The Hall–Kier alpha value is -2.93. The third kappa shape index (κ3) is 7.86. The Morgan fingerprint density at radius 3 is 2.61 bits per heavy atom. The van der Waals surface area contributed by atoms with Crippen LogP contribution in [0.15, 0.2) is 24.5 Å². The minimum atomic E-state index is -1.08. The van der Waals surface area contributed by atoms with Gasteiger partial charge in [-0.2, -0.15) is 0 Å². The summed E-state index contributed by atoms with van der Waals surface area (Å²) < 4.78 is 6.37. The van der Waals surface area contributed by atoms with Crippen LogP contribution in [0.25, 0.3) is 10.2 Å². The second-order valence-electron chi connectivity index (χ2n) is 8.44. The summed E-state index contributed by atoms with van der Waals surface area (Å²) in [6, 6.07) is 3.93. The Balaban J connectivity index is 0.000000374. The average Bonchev–Trinajstić information content (AvgIpc) is 3.16. The molecule has 1 saturated carbocycles. The fraction of sp³-hybridized carbons (Fsp3) is 0.458. The lowest BCUT2D eigenvalue weighted by Crippen LogP contribution is -2.14. The van der Waals surface area contributed by atoms with Crippen molar-refractivity contribution in [2.24, 2.45) is 0 Å². The van der Waals surface area contributed by atoms with Crippen LogP contribution >= 0.6 is 11.3 Å². The molecule has 4 rings (SSSR count). The molecule has 0 saturated heterocycles. The molecule has 9 heteroatoms. The van der Waals surface area contributed by atoms with Crippen LogP contribution in [0.5, 0.6) is 5.75 Å². The number of aliphatic hydroxyl groups excluding tert-OH is 1. The monoisotopic (exact) mass is 469 g/mol. The molecule has 0 radical (unpaired) electrons. The Kier molecular flexibility index (Phi) is 8.44. The minimum Gasteiger partial charge on any atom is -0.494 e. The van der Waals surface area contributed by atoms with Gasteiger partial charge >= 0.3 is 0 Å². The summed E-state index contributed by atoms with van der Waals surface area (Å²) in [4.78, 5) is 12.8. The maximum absolute atomic E-state index is 9.68. The number of anilines is 2. The first-order valence-electron chi connectivity index (χ1n) is 11.0. The van der Waals surface area contributed by atoms with Gasteiger partial charge in [-0.25, -0.2) is 9.97 Å². The third-order valence-electron chi connectivity index (χ3n) is 4.94. The first-order chi connectivity index (χ1) is 15.7. The molecule has 0 spiro atoms. The normalized spacial score (nSPS) is 14.1. The standard InChI is InChI=1S/C18H19N5O2S.C6H12O/c1-18(2,24)5-4-12-9-20-10-15(22-12)21-8-11-6-13(25-3)16-14(7-11)26-17(19)23-16;7-6-4-2-1-3-5-6/h6-7,9-10,24H,8H2,1-3H3,(H2,19,23)(H,21,22);6-7H,1-5H2. The lowest BCUT2D eigenvalue weighted by atomic mass is 9.98. The highest BCUT2D eigenvalue weighted by atomic mass is 32.1. The second-order valence-corrected chi connectivity index (χ2v) is 9.50. The molecule has 2 heterocycles. The highest BCUT2D eigenvalue weighted by Crippen LogP contribution is 2.32. The summed E-state index contributed by atoms with van der Waals surface area (Å²) >= 11 is 1.42. The molecule has 8 nitrogen and oxygen atoms in total. The van der Waals surface area contributed by atoms with Gasteiger partial charge in [-0.15, -0.1) is 0 Å². The molecule has 2 aromatic heterocycles. The van der Waals surface area contributed by atoms with Gasteiger partial charge in [-0.1, -0.05) is 36.5 Å². The number of benzene rings is 1. The number of aromatic nitrogens is 3. The van der Waals surface area contributed by atoms with Crippen LogP contribution in [-0.4, -0.2) is 44.0 Å². The van der Waals surface area contributed by atoms with Crippen molar-refractivity contribution in [1.82, 2.24) is 15.0 Å². The number of nitrogen functional groups attached to an aromatic ring is 1. The summed E-state index contributed by atoms with van der Waals surface area (Å²) in [5.41, 5.74) is 6.98. The summed E-state index contributed by atoms with van der Waals surface area (Å²) in [6.07, 6.45) is 9.10. The highest BCUT2D eigenvalue weighted by molar-refractivity contribution is 7.22. The molecule has 176 valence electrons. The van der Waals surface area contributed by atoms with E-state index in [1.54, 1.807) is 33.4 Å². The zero-order chi connectivity index (χ0) is 23.8. The molecule has 5 N–H and O–H groups in total. The number of rotatable bonds is 4. The Bertz CT molecular complexity index is 1120. The van der Waals surface area contributed by atoms with Gasteiger partial charge in [0.15, 0.2) is 5.13 Å². The number of aliphatic hydroxyl groups is 2. The zero-order valence-electron chi connectivity index (χ0n) is 19.3. The Labute approximate surface area is 198 Å². The largest absolute Gasteiger partial charge is 0.494 e. The van der Waals surface area contributed by atoms with Crippen LogP contribution in [0.1, 0.15) is 57.2 Å². The maximum Gasteiger partial charge on any atom is 0.181 e. The van der Waals surface area contributed by atoms with Gasteiger partial charge in [0.05, 0.1) is 30.3 Å². The molecule has 0 atom stereocenters. The fourth-order valence-electron chi connectivity index (χ4n) is 3.33.